The first-order chi connectivity index (χ1) is 9.29. The van der Waals surface area contributed by atoms with E-state index in [-0.39, 0.29) is 0 Å². The molecule has 0 aliphatic carbocycles. The maximum atomic E-state index is 5.67. The summed E-state index contributed by atoms with van der Waals surface area (Å²) in [4.78, 5) is 4.46. The van der Waals surface area contributed by atoms with Crippen LogP contribution in [0.2, 0.25) is 0 Å². The van der Waals surface area contributed by atoms with Crippen molar-refractivity contribution >= 4 is 0 Å². The predicted molar refractivity (Wildman–Crippen MR) is 75.2 cm³/mol. The standard InChI is InChI=1S/C15H19N3O/c1-16-9-13-15(18(2)10-17-13)12-5-6-14-11(8-12)4-3-7-19-14/h5-6,8,10,16H,3-4,7,9H2,1-2H3. The Bertz CT molecular complexity index is 589. The Morgan fingerprint density at radius 3 is 3.16 bits per heavy atom. The smallest absolute Gasteiger partial charge is 0.122 e. The number of benzene rings is 1. The Balaban J connectivity index is 2.04. The van der Waals surface area contributed by atoms with E-state index in [0.29, 0.717) is 0 Å². The highest BCUT2D eigenvalue weighted by atomic mass is 16.5. The molecule has 3 rings (SSSR count). The van der Waals surface area contributed by atoms with Gasteiger partial charge in [0, 0.05) is 19.2 Å². The molecule has 2 heterocycles. The normalized spacial score (nSPS) is 14.0. The molecule has 0 amide bonds. The number of nitrogens with one attached hydrogen (secondary N) is 1. The van der Waals surface area contributed by atoms with E-state index in [0.717, 1.165) is 37.4 Å². The molecule has 4 heteroatoms. The summed E-state index contributed by atoms with van der Waals surface area (Å²) in [5.74, 6) is 1.03. The molecule has 1 aliphatic heterocycles. The van der Waals surface area contributed by atoms with Gasteiger partial charge in [-0.2, -0.15) is 0 Å². The third-order valence-corrected chi connectivity index (χ3v) is 3.54. The van der Waals surface area contributed by atoms with E-state index in [1.165, 1.54) is 16.8 Å². The molecule has 0 bridgehead atoms. The number of fused-ring (bicyclic) bond motifs is 1. The summed E-state index contributed by atoms with van der Waals surface area (Å²) in [6, 6.07) is 6.45. The third kappa shape index (κ3) is 2.24. The summed E-state index contributed by atoms with van der Waals surface area (Å²) in [6.07, 6.45) is 4.07. The Morgan fingerprint density at radius 2 is 2.32 bits per heavy atom. The van der Waals surface area contributed by atoms with Crippen LogP contribution in [0.4, 0.5) is 0 Å². The van der Waals surface area contributed by atoms with Gasteiger partial charge < -0.3 is 14.6 Å². The quantitative estimate of drug-likeness (QED) is 0.915. The zero-order valence-electron chi connectivity index (χ0n) is 11.4. The SMILES string of the molecule is CNCc1ncn(C)c1-c1ccc2c(c1)CCCO2. The van der Waals surface area contributed by atoms with Crippen LogP contribution in [0.5, 0.6) is 5.75 Å². The first-order valence-electron chi connectivity index (χ1n) is 6.70. The van der Waals surface area contributed by atoms with E-state index in [1.54, 1.807) is 0 Å². The monoisotopic (exact) mass is 257 g/mol. The average molecular weight is 257 g/mol. The van der Waals surface area contributed by atoms with Gasteiger partial charge in [0.1, 0.15) is 5.75 Å². The second-order valence-corrected chi connectivity index (χ2v) is 4.96. The molecule has 0 saturated carbocycles. The Labute approximate surface area is 113 Å². The fourth-order valence-corrected chi connectivity index (χ4v) is 2.65. The van der Waals surface area contributed by atoms with Crippen molar-refractivity contribution in [3.05, 3.63) is 35.8 Å². The predicted octanol–water partition coefficient (Wildman–Crippen LogP) is 2.13. The van der Waals surface area contributed by atoms with Crippen molar-refractivity contribution in [2.45, 2.75) is 19.4 Å². The van der Waals surface area contributed by atoms with Crippen molar-refractivity contribution in [2.75, 3.05) is 13.7 Å². The lowest BCUT2D eigenvalue weighted by atomic mass is 10.0. The number of aromatic nitrogens is 2. The van der Waals surface area contributed by atoms with E-state index >= 15 is 0 Å². The molecule has 0 unspecified atom stereocenters. The average Bonchev–Trinajstić information content (AvgIpc) is 2.80. The van der Waals surface area contributed by atoms with Crippen LogP contribution in [0.25, 0.3) is 11.3 Å². The Kier molecular flexibility index (Phi) is 3.25. The van der Waals surface area contributed by atoms with Crippen molar-refractivity contribution in [1.29, 1.82) is 0 Å². The maximum absolute atomic E-state index is 5.67. The third-order valence-electron chi connectivity index (χ3n) is 3.54. The Morgan fingerprint density at radius 1 is 1.42 bits per heavy atom. The number of hydrogen-bond acceptors (Lipinski definition) is 3. The molecule has 0 spiro atoms. The lowest BCUT2D eigenvalue weighted by Crippen LogP contribution is -2.09. The summed E-state index contributed by atoms with van der Waals surface area (Å²) in [5, 5.41) is 3.17. The molecule has 1 aliphatic rings. The first kappa shape index (κ1) is 12.2. The minimum absolute atomic E-state index is 0.782. The number of ether oxygens (including phenoxy) is 1. The molecule has 19 heavy (non-hydrogen) atoms. The van der Waals surface area contributed by atoms with Crippen LogP contribution < -0.4 is 10.1 Å². The number of hydrogen-bond donors (Lipinski definition) is 1. The molecule has 2 aromatic rings. The van der Waals surface area contributed by atoms with Gasteiger partial charge in [-0.15, -0.1) is 0 Å². The minimum atomic E-state index is 0.782. The van der Waals surface area contributed by atoms with Crippen LogP contribution in [0.1, 0.15) is 17.7 Å². The summed E-state index contributed by atoms with van der Waals surface area (Å²) in [7, 11) is 3.98. The molecule has 0 saturated heterocycles. The highest BCUT2D eigenvalue weighted by Gasteiger charge is 2.15. The van der Waals surface area contributed by atoms with Crippen LogP contribution in [0.3, 0.4) is 0 Å². The van der Waals surface area contributed by atoms with Gasteiger partial charge in [0.15, 0.2) is 0 Å². The highest BCUT2D eigenvalue weighted by molar-refractivity contribution is 5.65. The van der Waals surface area contributed by atoms with Crippen molar-refractivity contribution < 1.29 is 4.74 Å². The summed E-state index contributed by atoms with van der Waals surface area (Å²) >= 11 is 0. The van der Waals surface area contributed by atoms with Gasteiger partial charge >= 0.3 is 0 Å². The van der Waals surface area contributed by atoms with E-state index < -0.39 is 0 Å². The minimum Gasteiger partial charge on any atom is -0.493 e. The van der Waals surface area contributed by atoms with Gasteiger partial charge in [-0.1, -0.05) is 0 Å². The number of rotatable bonds is 3. The van der Waals surface area contributed by atoms with Gasteiger partial charge in [0.2, 0.25) is 0 Å². The molecule has 100 valence electrons. The zero-order chi connectivity index (χ0) is 13.2. The van der Waals surface area contributed by atoms with Crippen LogP contribution in [0.15, 0.2) is 24.5 Å². The van der Waals surface area contributed by atoms with E-state index in [9.17, 15) is 0 Å². The molecule has 0 fully saturated rings. The second kappa shape index (κ2) is 5.05. The maximum Gasteiger partial charge on any atom is 0.122 e. The van der Waals surface area contributed by atoms with Crippen molar-refractivity contribution in [2.24, 2.45) is 7.05 Å². The number of nitrogens with zero attached hydrogens (tertiary/aromatic N) is 2. The lowest BCUT2D eigenvalue weighted by Gasteiger charge is -2.18. The molecule has 0 atom stereocenters. The Hall–Kier alpha value is -1.81. The van der Waals surface area contributed by atoms with Crippen molar-refractivity contribution in [3.63, 3.8) is 0 Å². The zero-order valence-corrected chi connectivity index (χ0v) is 11.4. The molecular weight excluding hydrogens is 238 g/mol. The molecule has 1 aromatic carbocycles. The van der Waals surface area contributed by atoms with Crippen LogP contribution in [-0.2, 0) is 20.0 Å². The lowest BCUT2D eigenvalue weighted by molar-refractivity contribution is 0.288. The highest BCUT2D eigenvalue weighted by Crippen LogP contribution is 2.31. The summed E-state index contributed by atoms with van der Waals surface area (Å²) < 4.78 is 7.75. The van der Waals surface area contributed by atoms with Gasteiger partial charge in [0.05, 0.1) is 24.3 Å². The molecule has 0 radical (unpaired) electrons. The second-order valence-electron chi connectivity index (χ2n) is 4.96. The molecule has 4 nitrogen and oxygen atoms in total. The van der Waals surface area contributed by atoms with E-state index in [4.69, 9.17) is 4.74 Å². The van der Waals surface area contributed by atoms with Crippen LogP contribution in [0, 0.1) is 0 Å². The summed E-state index contributed by atoms with van der Waals surface area (Å²) in [6.45, 7) is 1.62. The van der Waals surface area contributed by atoms with Gasteiger partial charge in [0.25, 0.3) is 0 Å². The van der Waals surface area contributed by atoms with Crippen LogP contribution in [-0.4, -0.2) is 23.2 Å². The molecule has 1 N–H and O–H groups in total. The largest absolute Gasteiger partial charge is 0.493 e. The molecular formula is C15H19N3O. The van der Waals surface area contributed by atoms with E-state index in [2.05, 4.69) is 33.1 Å². The van der Waals surface area contributed by atoms with Gasteiger partial charge in [-0.05, 0) is 43.7 Å². The van der Waals surface area contributed by atoms with Crippen molar-refractivity contribution in [3.8, 4) is 17.0 Å². The number of imidazole rings is 1. The number of aryl methyl sites for hydroxylation is 2. The molecule has 1 aromatic heterocycles. The first-order valence-corrected chi connectivity index (χ1v) is 6.70. The van der Waals surface area contributed by atoms with Crippen LogP contribution >= 0.6 is 0 Å². The summed E-state index contributed by atoms with van der Waals surface area (Å²) in [5.41, 5.74) is 4.79. The van der Waals surface area contributed by atoms with Gasteiger partial charge in [-0.25, -0.2) is 4.98 Å². The fourth-order valence-electron chi connectivity index (χ4n) is 2.65. The topological polar surface area (TPSA) is 39.1 Å². The van der Waals surface area contributed by atoms with E-state index in [1.807, 2.05) is 20.4 Å². The van der Waals surface area contributed by atoms with Gasteiger partial charge in [-0.3, -0.25) is 0 Å². The van der Waals surface area contributed by atoms with Crippen molar-refractivity contribution in [1.82, 2.24) is 14.9 Å². The fraction of sp³-hybridized carbons (Fsp3) is 0.400.